The highest BCUT2D eigenvalue weighted by atomic mass is 32.1. The summed E-state index contributed by atoms with van der Waals surface area (Å²) >= 11 is 1.43. The first-order valence-electron chi connectivity index (χ1n) is 8.91. The van der Waals surface area contributed by atoms with E-state index >= 15 is 0 Å². The summed E-state index contributed by atoms with van der Waals surface area (Å²) in [5, 5.41) is 5.42. The number of carbonyl (C=O) groups is 2. The topological polar surface area (TPSA) is 72.0 Å². The maximum Gasteiger partial charge on any atom is 0.341 e. The first-order valence-corrected chi connectivity index (χ1v) is 9.73. The van der Waals surface area contributed by atoms with E-state index in [1.54, 1.807) is 6.92 Å². The lowest BCUT2D eigenvalue weighted by atomic mass is 10.1. The van der Waals surface area contributed by atoms with Gasteiger partial charge in [-0.15, -0.1) is 11.3 Å². The summed E-state index contributed by atoms with van der Waals surface area (Å²) in [6.45, 7) is 8.54. The van der Waals surface area contributed by atoms with Gasteiger partial charge in [0.25, 0.3) is 5.91 Å². The number of rotatable bonds is 8. The van der Waals surface area contributed by atoms with Gasteiger partial charge in [-0.3, -0.25) is 4.79 Å². The standard InChI is InChI=1S/C20H26N2O3S/c1-5-25-20(24)16-11-17(13(2)3)26-19(16)22-18(23)12-21-14(4)15-9-7-6-8-10-15/h6-11,13-14,21H,5,12H2,1-4H3,(H,22,23)/p+1/t14-/m1/s1. The third-order valence-electron chi connectivity index (χ3n) is 4.05. The van der Waals surface area contributed by atoms with Gasteiger partial charge in [0.1, 0.15) is 11.0 Å². The Kier molecular flexibility index (Phi) is 7.36. The van der Waals surface area contributed by atoms with Gasteiger partial charge in [-0.05, 0) is 25.8 Å². The predicted octanol–water partition coefficient (Wildman–Crippen LogP) is 3.31. The van der Waals surface area contributed by atoms with E-state index < -0.39 is 5.97 Å². The van der Waals surface area contributed by atoms with E-state index in [1.165, 1.54) is 16.9 Å². The predicted molar refractivity (Wildman–Crippen MR) is 105 cm³/mol. The van der Waals surface area contributed by atoms with Crippen LogP contribution in [0.4, 0.5) is 5.00 Å². The number of hydrogen-bond acceptors (Lipinski definition) is 4. The van der Waals surface area contributed by atoms with Gasteiger partial charge in [-0.25, -0.2) is 4.79 Å². The van der Waals surface area contributed by atoms with Crippen molar-refractivity contribution in [2.45, 2.75) is 39.7 Å². The Morgan fingerprint density at radius 2 is 1.88 bits per heavy atom. The van der Waals surface area contributed by atoms with Gasteiger partial charge >= 0.3 is 5.97 Å². The molecule has 0 aliphatic rings. The summed E-state index contributed by atoms with van der Waals surface area (Å²) in [7, 11) is 0. The molecule has 0 aliphatic heterocycles. The molecule has 1 aromatic carbocycles. The maximum absolute atomic E-state index is 12.4. The fourth-order valence-corrected chi connectivity index (χ4v) is 3.57. The summed E-state index contributed by atoms with van der Waals surface area (Å²) < 4.78 is 5.11. The fourth-order valence-electron chi connectivity index (χ4n) is 2.50. The number of carbonyl (C=O) groups excluding carboxylic acids is 2. The second kappa shape index (κ2) is 9.50. The normalized spacial score (nSPS) is 12.0. The molecule has 0 fully saturated rings. The largest absolute Gasteiger partial charge is 0.462 e. The van der Waals surface area contributed by atoms with Crippen molar-refractivity contribution in [3.63, 3.8) is 0 Å². The van der Waals surface area contributed by atoms with Crippen molar-refractivity contribution in [3.05, 3.63) is 52.4 Å². The zero-order chi connectivity index (χ0) is 19.1. The molecule has 0 saturated carbocycles. The number of quaternary nitrogens is 1. The average molecular weight is 376 g/mol. The first-order chi connectivity index (χ1) is 12.4. The number of esters is 1. The molecule has 1 atom stereocenters. The molecule has 1 aromatic heterocycles. The van der Waals surface area contributed by atoms with Crippen molar-refractivity contribution in [1.29, 1.82) is 0 Å². The molecular formula is C20H27N2O3S+. The van der Waals surface area contributed by atoms with E-state index in [4.69, 9.17) is 4.74 Å². The van der Waals surface area contributed by atoms with Crippen LogP contribution in [0.25, 0.3) is 0 Å². The molecule has 0 spiro atoms. The molecule has 6 heteroatoms. The minimum Gasteiger partial charge on any atom is -0.462 e. The summed E-state index contributed by atoms with van der Waals surface area (Å²) in [6, 6.07) is 12.1. The molecule has 26 heavy (non-hydrogen) atoms. The summed E-state index contributed by atoms with van der Waals surface area (Å²) in [6.07, 6.45) is 0. The molecule has 2 aromatic rings. The van der Waals surface area contributed by atoms with Crippen LogP contribution in [0.3, 0.4) is 0 Å². The molecule has 0 unspecified atom stereocenters. The summed E-state index contributed by atoms with van der Waals surface area (Å²) in [4.78, 5) is 25.6. The molecule has 140 valence electrons. The van der Waals surface area contributed by atoms with Gasteiger partial charge in [0.2, 0.25) is 0 Å². The zero-order valence-electron chi connectivity index (χ0n) is 15.7. The average Bonchev–Trinajstić information content (AvgIpc) is 3.05. The molecule has 0 aliphatic carbocycles. The van der Waals surface area contributed by atoms with E-state index in [0.717, 1.165) is 4.88 Å². The number of anilines is 1. The Hall–Kier alpha value is -2.18. The quantitative estimate of drug-likeness (QED) is 0.695. The van der Waals surface area contributed by atoms with E-state index in [9.17, 15) is 9.59 Å². The minimum absolute atomic E-state index is 0.129. The summed E-state index contributed by atoms with van der Waals surface area (Å²) in [5.74, 6) is -0.244. The molecule has 0 radical (unpaired) electrons. The van der Waals surface area contributed by atoms with Crippen molar-refractivity contribution in [1.82, 2.24) is 0 Å². The van der Waals surface area contributed by atoms with Crippen LogP contribution in [0.15, 0.2) is 36.4 Å². The number of nitrogens with two attached hydrogens (primary N) is 1. The maximum atomic E-state index is 12.4. The van der Waals surface area contributed by atoms with Crippen LogP contribution in [0, 0.1) is 0 Å². The van der Waals surface area contributed by atoms with Crippen molar-refractivity contribution < 1.29 is 19.6 Å². The van der Waals surface area contributed by atoms with Crippen molar-refractivity contribution in [3.8, 4) is 0 Å². The number of nitrogens with one attached hydrogen (secondary N) is 1. The smallest absolute Gasteiger partial charge is 0.341 e. The number of ether oxygens (including phenoxy) is 1. The second-order valence-corrected chi connectivity index (χ2v) is 7.54. The Morgan fingerprint density at radius 1 is 1.19 bits per heavy atom. The Labute approximate surface area is 158 Å². The zero-order valence-corrected chi connectivity index (χ0v) is 16.6. The van der Waals surface area contributed by atoms with Gasteiger partial charge in [0, 0.05) is 10.4 Å². The van der Waals surface area contributed by atoms with Gasteiger partial charge in [0.05, 0.1) is 12.2 Å². The summed E-state index contributed by atoms with van der Waals surface area (Å²) in [5.41, 5.74) is 1.61. The van der Waals surface area contributed by atoms with Crippen LogP contribution in [0.1, 0.15) is 60.5 Å². The van der Waals surface area contributed by atoms with Crippen LogP contribution in [-0.2, 0) is 9.53 Å². The van der Waals surface area contributed by atoms with Gasteiger partial charge in [0.15, 0.2) is 6.54 Å². The Morgan fingerprint density at radius 3 is 2.50 bits per heavy atom. The van der Waals surface area contributed by atoms with E-state index in [2.05, 4.69) is 26.1 Å². The van der Waals surface area contributed by atoms with Crippen LogP contribution in [0.2, 0.25) is 0 Å². The molecule has 0 saturated heterocycles. The van der Waals surface area contributed by atoms with Crippen LogP contribution >= 0.6 is 11.3 Å². The van der Waals surface area contributed by atoms with Gasteiger partial charge < -0.3 is 15.4 Å². The number of benzene rings is 1. The molecule has 1 amide bonds. The third kappa shape index (κ3) is 5.41. The van der Waals surface area contributed by atoms with Crippen LogP contribution in [-0.4, -0.2) is 25.0 Å². The molecule has 1 heterocycles. The second-order valence-electron chi connectivity index (χ2n) is 6.45. The van der Waals surface area contributed by atoms with Gasteiger partial charge in [-0.1, -0.05) is 44.2 Å². The molecule has 3 N–H and O–H groups in total. The highest BCUT2D eigenvalue weighted by molar-refractivity contribution is 7.16. The molecule has 2 rings (SSSR count). The monoisotopic (exact) mass is 375 g/mol. The fraction of sp³-hybridized carbons (Fsp3) is 0.400. The number of thiophene rings is 1. The Balaban J connectivity index is 2.02. The van der Waals surface area contributed by atoms with Crippen LogP contribution in [0.5, 0.6) is 0 Å². The van der Waals surface area contributed by atoms with Crippen molar-refractivity contribution in [2.75, 3.05) is 18.5 Å². The first kappa shape index (κ1) is 20.1. The van der Waals surface area contributed by atoms with Crippen molar-refractivity contribution in [2.24, 2.45) is 0 Å². The minimum atomic E-state index is -0.396. The lowest BCUT2D eigenvalue weighted by Crippen LogP contribution is -2.86. The van der Waals surface area contributed by atoms with Gasteiger partial charge in [-0.2, -0.15) is 0 Å². The number of amides is 1. The highest BCUT2D eigenvalue weighted by Crippen LogP contribution is 2.33. The molecule has 0 bridgehead atoms. The lowest BCUT2D eigenvalue weighted by molar-refractivity contribution is -0.682. The van der Waals surface area contributed by atoms with Crippen LogP contribution < -0.4 is 10.6 Å². The van der Waals surface area contributed by atoms with E-state index in [1.807, 2.05) is 41.7 Å². The van der Waals surface area contributed by atoms with Crippen molar-refractivity contribution >= 4 is 28.2 Å². The molecule has 5 nitrogen and oxygen atoms in total. The highest BCUT2D eigenvalue weighted by Gasteiger charge is 2.21. The lowest BCUT2D eigenvalue weighted by Gasteiger charge is -2.11. The van der Waals surface area contributed by atoms with E-state index in [0.29, 0.717) is 17.2 Å². The number of hydrogen-bond donors (Lipinski definition) is 2. The Bertz CT molecular complexity index is 741. The molecular weight excluding hydrogens is 348 g/mol. The SMILES string of the molecule is CCOC(=O)c1cc(C(C)C)sc1NC(=O)C[NH2+][C@H](C)c1ccccc1. The third-order valence-corrected chi connectivity index (χ3v) is 5.40. The van der Waals surface area contributed by atoms with E-state index in [-0.39, 0.29) is 24.4 Å².